The summed E-state index contributed by atoms with van der Waals surface area (Å²) in [6.45, 7) is 15.2. The molecule has 3 rings (SSSR count). The van der Waals surface area contributed by atoms with E-state index in [0.29, 0.717) is 17.4 Å². The number of hydrogen-bond acceptors (Lipinski definition) is 2. The Morgan fingerprint density at radius 2 is 1.18 bits per heavy atom. The number of phenolic OH excluding ortho intramolecular Hbond substituents is 2. The van der Waals surface area contributed by atoms with E-state index in [1.54, 1.807) is 0 Å². The summed E-state index contributed by atoms with van der Waals surface area (Å²) in [5.74, 6) is 1.43. The molecule has 152 valence electrons. The molecule has 28 heavy (non-hydrogen) atoms. The molecule has 0 unspecified atom stereocenters. The molecule has 0 spiro atoms. The second-order valence-electron chi connectivity index (χ2n) is 9.92. The van der Waals surface area contributed by atoms with Gasteiger partial charge in [0.05, 0.1) is 0 Å². The topological polar surface area (TPSA) is 40.5 Å². The van der Waals surface area contributed by atoms with E-state index in [9.17, 15) is 10.2 Å². The largest absolute Gasteiger partial charge is 0.507 e. The highest BCUT2D eigenvalue weighted by Gasteiger charge is 2.44. The highest BCUT2D eigenvalue weighted by atomic mass is 16.3. The second kappa shape index (κ2) is 7.13. The lowest BCUT2D eigenvalue weighted by Gasteiger charge is -2.49. The summed E-state index contributed by atoms with van der Waals surface area (Å²) in [4.78, 5) is 0. The van der Waals surface area contributed by atoms with Crippen LogP contribution in [0.4, 0.5) is 0 Å². The first-order valence-corrected chi connectivity index (χ1v) is 10.6. The molecule has 2 aromatic rings. The van der Waals surface area contributed by atoms with Gasteiger partial charge in [-0.15, -0.1) is 0 Å². The van der Waals surface area contributed by atoms with Crippen molar-refractivity contribution in [1.29, 1.82) is 0 Å². The molecular weight excluding hydrogens is 344 g/mol. The lowest BCUT2D eigenvalue weighted by atomic mass is 9.55. The summed E-state index contributed by atoms with van der Waals surface area (Å²) in [7, 11) is 0. The van der Waals surface area contributed by atoms with E-state index in [-0.39, 0.29) is 10.8 Å². The van der Waals surface area contributed by atoms with Crippen LogP contribution in [0.5, 0.6) is 11.5 Å². The quantitative estimate of drug-likeness (QED) is 0.603. The fraction of sp³-hybridized carbons (Fsp3) is 0.538. The second-order valence-corrected chi connectivity index (χ2v) is 9.92. The first kappa shape index (κ1) is 20.8. The molecule has 0 heterocycles. The Kier molecular flexibility index (Phi) is 5.29. The van der Waals surface area contributed by atoms with Crippen LogP contribution >= 0.6 is 0 Å². The van der Waals surface area contributed by atoms with Crippen LogP contribution in [0.25, 0.3) is 0 Å². The zero-order chi connectivity index (χ0) is 20.9. The van der Waals surface area contributed by atoms with Crippen LogP contribution in [0, 0.1) is 33.1 Å². The minimum atomic E-state index is 0.0436. The predicted octanol–water partition coefficient (Wildman–Crippen LogP) is 6.97. The molecule has 1 saturated carbocycles. The van der Waals surface area contributed by atoms with Crippen molar-refractivity contribution >= 4 is 0 Å². The highest BCUT2D eigenvalue weighted by molar-refractivity contribution is 5.46. The maximum absolute atomic E-state index is 10.2. The molecule has 0 atom stereocenters. The van der Waals surface area contributed by atoms with Crippen LogP contribution < -0.4 is 0 Å². The van der Waals surface area contributed by atoms with Gasteiger partial charge in [0.25, 0.3) is 0 Å². The highest BCUT2D eigenvalue weighted by Crippen LogP contribution is 2.54. The van der Waals surface area contributed by atoms with Gasteiger partial charge in [-0.2, -0.15) is 0 Å². The van der Waals surface area contributed by atoms with Crippen LogP contribution in [0.2, 0.25) is 0 Å². The summed E-state index contributed by atoms with van der Waals surface area (Å²) < 4.78 is 0. The van der Waals surface area contributed by atoms with Crippen molar-refractivity contribution in [3.63, 3.8) is 0 Å². The third kappa shape index (κ3) is 3.43. The molecule has 2 nitrogen and oxygen atoms in total. The lowest BCUT2D eigenvalue weighted by Crippen LogP contribution is -2.41. The summed E-state index contributed by atoms with van der Waals surface area (Å²) >= 11 is 0. The van der Waals surface area contributed by atoms with E-state index in [2.05, 4.69) is 45.0 Å². The van der Waals surface area contributed by atoms with Gasteiger partial charge in [0.1, 0.15) is 11.5 Å². The minimum Gasteiger partial charge on any atom is -0.507 e. The molecule has 0 bridgehead atoms. The Balaban J connectivity index is 1.84. The zero-order valence-electron chi connectivity index (χ0n) is 18.6. The van der Waals surface area contributed by atoms with Gasteiger partial charge < -0.3 is 10.2 Å². The smallest absolute Gasteiger partial charge is 0.121 e. The summed E-state index contributed by atoms with van der Waals surface area (Å²) in [5.41, 5.74) is 6.88. The van der Waals surface area contributed by atoms with Crippen molar-refractivity contribution in [1.82, 2.24) is 0 Å². The third-order valence-electron chi connectivity index (χ3n) is 7.80. The first-order valence-electron chi connectivity index (χ1n) is 10.6. The van der Waals surface area contributed by atoms with Crippen molar-refractivity contribution in [2.24, 2.45) is 5.41 Å². The van der Waals surface area contributed by atoms with E-state index < -0.39 is 0 Å². The standard InChI is InChI=1S/C26H36O2/c1-16-12-21(13-17(2)23(16)27)20-8-10-26(7,11-9-20)25(5,6)22-14-18(3)24(28)19(4)15-22/h12-15,20,27-28H,8-11H2,1-7H3. The zero-order valence-corrected chi connectivity index (χ0v) is 18.6. The molecule has 2 aromatic carbocycles. The van der Waals surface area contributed by atoms with Gasteiger partial charge in [-0.3, -0.25) is 0 Å². The molecule has 1 aliphatic carbocycles. The lowest BCUT2D eigenvalue weighted by molar-refractivity contribution is 0.0984. The van der Waals surface area contributed by atoms with Crippen LogP contribution in [0.1, 0.15) is 85.8 Å². The average Bonchev–Trinajstić information content (AvgIpc) is 2.63. The van der Waals surface area contributed by atoms with Gasteiger partial charge in [-0.25, -0.2) is 0 Å². The number of phenols is 2. The van der Waals surface area contributed by atoms with Crippen molar-refractivity contribution in [2.75, 3.05) is 0 Å². The van der Waals surface area contributed by atoms with Crippen molar-refractivity contribution < 1.29 is 10.2 Å². The number of aromatic hydroxyl groups is 2. The summed E-state index contributed by atoms with van der Waals surface area (Å²) in [6.07, 6.45) is 4.73. The number of benzene rings is 2. The monoisotopic (exact) mass is 380 g/mol. The van der Waals surface area contributed by atoms with Crippen LogP contribution in [0.3, 0.4) is 0 Å². The number of hydrogen-bond donors (Lipinski definition) is 2. The fourth-order valence-corrected chi connectivity index (χ4v) is 5.10. The normalized spacial score (nSPS) is 23.0. The van der Waals surface area contributed by atoms with Crippen LogP contribution in [0.15, 0.2) is 24.3 Å². The van der Waals surface area contributed by atoms with Gasteiger partial charge in [0.15, 0.2) is 0 Å². The Labute approximate surface area is 170 Å². The Morgan fingerprint density at radius 3 is 1.61 bits per heavy atom. The Morgan fingerprint density at radius 1 is 0.786 bits per heavy atom. The summed E-state index contributed by atoms with van der Waals surface area (Å²) in [6, 6.07) is 8.69. The first-order chi connectivity index (χ1) is 13.0. The van der Waals surface area contributed by atoms with Crippen LogP contribution in [-0.4, -0.2) is 10.2 Å². The molecule has 2 heteroatoms. The molecule has 1 aliphatic rings. The Bertz CT molecular complexity index is 837. The van der Waals surface area contributed by atoms with E-state index in [0.717, 1.165) is 22.3 Å². The number of aryl methyl sites for hydroxylation is 4. The van der Waals surface area contributed by atoms with Gasteiger partial charge in [0, 0.05) is 0 Å². The van der Waals surface area contributed by atoms with Gasteiger partial charge in [0.2, 0.25) is 0 Å². The molecule has 0 radical (unpaired) electrons. The van der Waals surface area contributed by atoms with Gasteiger partial charge in [-0.1, -0.05) is 45.0 Å². The summed E-state index contributed by atoms with van der Waals surface area (Å²) in [5, 5.41) is 20.3. The molecule has 2 N–H and O–H groups in total. The maximum atomic E-state index is 10.2. The van der Waals surface area contributed by atoms with E-state index in [4.69, 9.17) is 0 Å². The van der Waals surface area contributed by atoms with Crippen molar-refractivity contribution in [2.45, 2.75) is 85.5 Å². The predicted molar refractivity (Wildman–Crippen MR) is 118 cm³/mol. The molecule has 0 aromatic heterocycles. The fourth-order valence-electron chi connectivity index (χ4n) is 5.10. The Hall–Kier alpha value is -1.96. The minimum absolute atomic E-state index is 0.0436. The number of rotatable bonds is 3. The molecule has 0 saturated heterocycles. The maximum Gasteiger partial charge on any atom is 0.121 e. The average molecular weight is 381 g/mol. The molecule has 1 fully saturated rings. The SMILES string of the molecule is Cc1cc(C2CCC(C)(C(C)(C)c3cc(C)c(O)c(C)c3)CC2)cc(C)c1O. The third-order valence-corrected chi connectivity index (χ3v) is 7.80. The molecule has 0 aliphatic heterocycles. The van der Waals surface area contributed by atoms with E-state index in [1.165, 1.54) is 36.8 Å². The van der Waals surface area contributed by atoms with Gasteiger partial charge >= 0.3 is 0 Å². The van der Waals surface area contributed by atoms with Crippen LogP contribution in [-0.2, 0) is 5.41 Å². The van der Waals surface area contributed by atoms with Crippen molar-refractivity contribution in [3.8, 4) is 11.5 Å². The molecule has 0 amide bonds. The molecular formula is C26H36O2. The van der Waals surface area contributed by atoms with Gasteiger partial charge in [-0.05, 0) is 104 Å². The van der Waals surface area contributed by atoms with E-state index in [1.807, 2.05) is 27.7 Å². The van der Waals surface area contributed by atoms with Crippen molar-refractivity contribution in [3.05, 3.63) is 57.6 Å². The van der Waals surface area contributed by atoms with E-state index >= 15 is 0 Å².